The molecule has 0 spiro atoms. The van der Waals surface area contributed by atoms with E-state index in [1.165, 1.54) is 12.8 Å². The topological polar surface area (TPSA) is 50.7 Å². The average molecular weight is 274 g/mol. The summed E-state index contributed by atoms with van der Waals surface area (Å²) in [5, 5.41) is 13.3. The SMILES string of the molecule is COc1cc([C@@H]2CCCCN2)cc(OC)c1O.Cl. The molecule has 0 radical (unpaired) electrons. The lowest BCUT2D eigenvalue weighted by Gasteiger charge is -2.24. The summed E-state index contributed by atoms with van der Waals surface area (Å²) in [4.78, 5) is 0. The lowest BCUT2D eigenvalue weighted by atomic mass is 9.97. The van der Waals surface area contributed by atoms with Gasteiger partial charge in [-0.2, -0.15) is 0 Å². The van der Waals surface area contributed by atoms with Crippen LogP contribution in [-0.2, 0) is 0 Å². The first-order valence-corrected chi connectivity index (χ1v) is 5.94. The Morgan fingerprint density at radius 3 is 2.22 bits per heavy atom. The minimum absolute atomic E-state index is 0. The maximum atomic E-state index is 9.84. The molecular weight excluding hydrogens is 254 g/mol. The molecule has 0 bridgehead atoms. The van der Waals surface area contributed by atoms with Crippen LogP contribution >= 0.6 is 12.4 Å². The number of hydrogen-bond acceptors (Lipinski definition) is 4. The molecule has 1 saturated heterocycles. The van der Waals surface area contributed by atoms with Gasteiger partial charge in [0.1, 0.15) is 0 Å². The van der Waals surface area contributed by atoms with E-state index in [9.17, 15) is 5.11 Å². The van der Waals surface area contributed by atoms with Crippen molar-refractivity contribution in [2.45, 2.75) is 25.3 Å². The third-order valence-corrected chi connectivity index (χ3v) is 3.21. The highest BCUT2D eigenvalue weighted by Gasteiger charge is 2.19. The summed E-state index contributed by atoms with van der Waals surface area (Å²) in [7, 11) is 3.10. The van der Waals surface area contributed by atoms with Gasteiger partial charge < -0.3 is 19.9 Å². The number of nitrogens with one attached hydrogen (secondary N) is 1. The van der Waals surface area contributed by atoms with E-state index < -0.39 is 0 Å². The van der Waals surface area contributed by atoms with Gasteiger partial charge >= 0.3 is 0 Å². The lowest BCUT2D eigenvalue weighted by molar-refractivity contribution is 0.336. The van der Waals surface area contributed by atoms with Crippen LogP contribution in [0.2, 0.25) is 0 Å². The van der Waals surface area contributed by atoms with Gasteiger partial charge in [-0.3, -0.25) is 0 Å². The molecule has 0 amide bonds. The first kappa shape index (κ1) is 14.9. The smallest absolute Gasteiger partial charge is 0.200 e. The summed E-state index contributed by atoms with van der Waals surface area (Å²) in [6.45, 7) is 1.04. The average Bonchev–Trinajstić information content (AvgIpc) is 2.40. The zero-order valence-corrected chi connectivity index (χ0v) is 11.5. The third kappa shape index (κ3) is 3.00. The second-order valence-electron chi connectivity index (χ2n) is 4.28. The van der Waals surface area contributed by atoms with Crippen molar-refractivity contribution in [3.05, 3.63) is 17.7 Å². The second kappa shape index (κ2) is 6.71. The molecule has 102 valence electrons. The molecule has 1 heterocycles. The second-order valence-corrected chi connectivity index (χ2v) is 4.28. The first-order valence-electron chi connectivity index (χ1n) is 5.94. The summed E-state index contributed by atoms with van der Waals surface area (Å²) in [5.41, 5.74) is 1.11. The molecule has 1 fully saturated rings. The molecule has 0 aliphatic carbocycles. The van der Waals surface area contributed by atoms with Gasteiger partial charge in [-0.15, -0.1) is 12.4 Å². The van der Waals surface area contributed by atoms with E-state index in [4.69, 9.17) is 9.47 Å². The molecule has 1 aliphatic heterocycles. The molecular formula is C13H20ClNO3. The van der Waals surface area contributed by atoms with E-state index in [0.29, 0.717) is 17.5 Å². The molecule has 0 aromatic heterocycles. The Labute approximate surface area is 114 Å². The molecule has 5 heteroatoms. The number of rotatable bonds is 3. The Hall–Kier alpha value is -1.13. The standard InChI is InChI=1S/C13H19NO3.ClH/c1-16-11-7-9(8-12(17-2)13(11)15)10-5-3-4-6-14-10;/h7-8,10,14-15H,3-6H2,1-2H3;1H/t10-;/m0./s1. The van der Waals surface area contributed by atoms with Crippen LogP contribution in [0.25, 0.3) is 0 Å². The van der Waals surface area contributed by atoms with Crippen LogP contribution in [0.3, 0.4) is 0 Å². The molecule has 1 aliphatic rings. The van der Waals surface area contributed by atoms with Crippen molar-refractivity contribution >= 4 is 12.4 Å². The summed E-state index contributed by atoms with van der Waals surface area (Å²) < 4.78 is 10.3. The van der Waals surface area contributed by atoms with Crippen molar-refractivity contribution in [1.82, 2.24) is 5.32 Å². The van der Waals surface area contributed by atoms with Crippen LogP contribution in [-0.4, -0.2) is 25.9 Å². The van der Waals surface area contributed by atoms with Gasteiger partial charge in [0.05, 0.1) is 14.2 Å². The Bertz CT molecular complexity index is 367. The Morgan fingerprint density at radius 2 is 1.78 bits per heavy atom. The van der Waals surface area contributed by atoms with Crippen molar-refractivity contribution in [3.8, 4) is 17.2 Å². The predicted octanol–water partition coefficient (Wildman–Crippen LogP) is 2.65. The van der Waals surface area contributed by atoms with E-state index in [1.54, 1.807) is 14.2 Å². The molecule has 2 N–H and O–H groups in total. The van der Waals surface area contributed by atoms with Crippen LogP contribution in [0, 0.1) is 0 Å². The van der Waals surface area contributed by atoms with Crippen molar-refractivity contribution in [2.24, 2.45) is 0 Å². The van der Waals surface area contributed by atoms with Crippen molar-refractivity contribution in [2.75, 3.05) is 20.8 Å². The molecule has 0 unspecified atom stereocenters. The number of hydrogen-bond donors (Lipinski definition) is 2. The number of methoxy groups -OCH3 is 2. The molecule has 0 saturated carbocycles. The van der Waals surface area contributed by atoms with Crippen LogP contribution in [0.5, 0.6) is 17.2 Å². The quantitative estimate of drug-likeness (QED) is 0.889. The van der Waals surface area contributed by atoms with E-state index in [2.05, 4.69) is 5.32 Å². The van der Waals surface area contributed by atoms with Gasteiger partial charge in [-0.25, -0.2) is 0 Å². The molecule has 18 heavy (non-hydrogen) atoms. The molecule has 1 aromatic rings. The fourth-order valence-corrected chi connectivity index (χ4v) is 2.25. The van der Waals surface area contributed by atoms with E-state index in [0.717, 1.165) is 18.5 Å². The van der Waals surface area contributed by atoms with E-state index in [1.807, 2.05) is 12.1 Å². The zero-order valence-electron chi connectivity index (χ0n) is 10.7. The summed E-state index contributed by atoms with van der Waals surface area (Å²) in [5.74, 6) is 0.994. The fraction of sp³-hybridized carbons (Fsp3) is 0.538. The van der Waals surface area contributed by atoms with Gasteiger partial charge in [0.2, 0.25) is 5.75 Å². The number of aromatic hydroxyl groups is 1. The number of piperidine rings is 1. The normalized spacial score (nSPS) is 18.9. The number of halogens is 1. The number of ether oxygens (including phenoxy) is 2. The van der Waals surface area contributed by atoms with E-state index in [-0.39, 0.29) is 18.2 Å². The van der Waals surface area contributed by atoms with Gasteiger partial charge in [0, 0.05) is 6.04 Å². The first-order chi connectivity index (χ1) is 8.26. The summed E-state index contributed by atoms with van der Waals surface area (Å²) in [6, 6.07) is 4.08. The highest BCUT2D eigenvalue weighted by molar-refractivity contribution is 5.85. The van der Waals surface area contributed by atoms with Gasteiger partial charge in [0.25, 0.3) is 0 Å². The largest absolute Gasteiger partial charge is 0.502 e. The van der Waals surface area contributed by atoms with Gasteiger partial charge in [0.15, 0.2) is 11.5 Å². The zero-order chi connectivity index (χ0) is 12.3. The maximum Gasteiger partial charge on any atom is 0.200 e. The van der Waals surface area contributed by atoms with Crippen LogP contribution < -0.4 is 14.8 Å². The van der Waals surface area contributed by atoms with Crippen molar-refractivity contribution in [3.63, 3.8) is 0 Å². The summed E-state index contributed by atoms with van der Waals surface area (Å²) in [6.07, 6.45) is 3.56. The molecule has 2 rings (SSSR count). The van der Waals surface area contributed by atoms with Crippen LogP contribution in [0.15, 0.2) is 12.1 Å². The summed E-state index contributed by atoms with van der Waals surface area (Å²) >= 11 is 0. The minimum Gasteiger partial charge on any atom is -0.502 e. The molecule has 4 nitrogen and oxygen atoms in total. The van der Waals surface area contributed by atoms with Crippen LogP contribution in [0.1, 0.15) is 30.9 Å². The lowest BCUT2D eigenvalue weighted by Crippen LogP contribution is -2.26. The van der Waals surface area contributed by atoms with Gasteiger partial charge in [-0.05, 0) is 37.1 Å². The third-order valence-electron chi connectivity index (χ3n) is 3.21. The minimum atomic E-state index is 0. The fourth-order valence-electron chi connectivity index (χ4n) is 2.25. The Balaban J connectivity index is 0.00000162. The van der Waals surface area contributed by atoms with Gasteiger partial charge in [-0.1, -0.05) is 6.42 Å². The maximum absolute atomic E-state index is 9.84. The Kier molecular flexibility index (Phi) is 5.56. The Morgan fingerprint density at radius 1 is 1.17 bits per heavy atom. The number of phenols is 1. The van der Waals surface area contributed by atoms with E-state index >= 15 is 0 Å². The van der Waals surface area contributed by atoms with Crippen molar-refractivity contribution in [1.29, 1.82) is 0 Å². The highest BCUT2D eigenvalue weighted by Crippen LogP contribution is 2.39. The molecule has 1 atom stereocenters. The number of benzene rings is 1. The highest BCUT2D eigenvalue weighted by atomic mass is 35.5. The number of phenolic OH excluding ortho intramolecular Hbond substituents is 1. The predicted molar refractivity (Wildman–Crippen MR) is 73.1 cm³/mol. The van der Waals surface area contributed by atoms with Crippen LogP contribution in [0.4, 0.5) is 0 Å². The molecule has 1 aromatic carbocycles. The van der Waals surface area contributed by atoms with Crippen molar-refractivity contribution < 1.29 is 14.6 Å². The monoisotopic (exact) mass is 273 g/mol.